The summed E-state index contributed by atoms with van der Waals surface area (Å²) in [5.41, 5.74) is 7.55. The van der Waals surface area contributed by atoms with Crippen LogP contribution in [-0.2, 0) is 0 Å². The van der Waals surface area contributed by atoms with E-state index in [2.05, 4.69) is 10.4 Å². The van der Waals surface area contributed by atoms with Gasteiger partial charge in [0.15, 0.2) is 0 Å². The van der Waals surface area contributed by atoms with Crippen LogP contribution in [0.2, 0.25) is 0 Å². The Morgan fingerprint density at radius 1 is 1.30 bits per heavy atom. The van der Waals surface area contributed by atoms with Crippen LogP contribution in [0.25, 0.3) is 5.69 Å². The molecule has 0 spiro atoms. The van der Waals surface area contributed by atoms with Gasteiger partial charge < -0.3 is 11.1 Å². The molecule has 0 fully saturated rings. The van der Waals surface area contributed by atoms with E-state index in [1.54, 1.807) is 16.8 Å². The number of nitrogens with zero attached hydrogens (tertiary/aromatic N) is 2. The van der Waals surface area contributed by atoms with Crippen LogP contribution in [0.15, 0.2) is 30.5 Å². The third-order valence-electron chi connectivity index (χ3n) is 3.40. The van der Waals surface area contributed by atoms with E-state index in [0.29, 0.717) is 12.1 Å². The molecule has 0 radical (unpaired) electrons. The van der Waals surface area contributed by atoms with Crippen molar-refractivity contribution in [1.82, 2.24) is 15.1 Å². The SMILES string of the molecule is CC(C)c1c(C(=O)N[C@@H](C)CN)cnn1-c1ccc(F)cc1.Cl. The first-order valence-corrected chi connectivity index (χ1v) is 7.28. The van der Waals surface area contributed by atoms with E-state index in [-0.39, 0.29) is 36.1 Å². The molecule has 0 saturated carbocycles. The predicted molar refractivity (Wildman–Crippen MR) is 90.8 cm³/mol. The molecular formula is C16H22ClFN4O. The van der Waals surface area contributed by atoms with Gasteiger partial charge in [0.2, 0.25) is 0 Å². The summed E-state index contributed by atoms with van der Waals surface area (Å²) in [5.74, 6) is -0.423. The normalized spacial score (nSPS) is 11.9. The van der Waals surface area contributed by atoms with Gasteiger partial charge in [0, 0.05) is 12.6 Å². The third kappa shape index (κ3) is 4.30. The van der Waals surface area contributed by atoms with E-state index in [1.165, 1.54) is 18.3 Å². The minimum Gasteiger partial charge on any atom is -0.348 e. The average Bonchev–Trinajstić information content (AvgIpc) is 2.93. The van der Waals surface area contributed by atoms with Gasteiger partial charge in [0.05, 0.1) is 23.1 Å². The van der Waals surface area contributed by atoms with Gasteiger partial charge in [-0.1, -0.05) is 13.8 Å². The Bertz CT molecular complexity index is 655. The molecule has 23 heavy (non-hydrogen) atoms. The summed E-state index contributed by atoms with van der Waals surface area (Å²) in [7, 11) is 0. The number of benzene rings is 1. The minimum atomic E-state index is -0.309. The first-order chi connectivity index (χ1) is 10.4. The van der Waals surface area contributed by atoms with Crippen LogP contribution in [0.4, 0.5) is 4.39 Å². The Morgan fingerprint density at radius 3 is 2.43 bits per heavy atom. The van der Waals surface area contributed by atoms with Crippen LogP contribution < -0.4 is 11.1 Å². The van der Waals surface area contributed by atoms with Gasteiger partial charge in [-0.05, 0) is 37.1 Å². The number of aromatic nitrogens is 2. The van der Waals surface area contributed by atoms with Gasteiger partial charge in [0.25, 0.3) is 5.91 Å². The zero-order chi connectivity index (χ0) is 16.3. The summed E-state index contributed by atoms with van der Waals surface area (Å²) in [6.45, 7) is 6.19. The molecule has 0 saturated heterocycles. The largest absolute Gasteiger partial charge is 0.348 e. The van der Waals surface area contributed by atoms with Gasteiger partial charge >= 0.3 is 0 Å². The summed E-state index contributed by atoms with van der Waals surface area (Å²) in [4.78, 5) is 12.4. The van der Waals surface area contributed by atoms with Gasteiger partial charge in [-0.25, -0.2) is 9.07 Å². The van der Waals surface area contributed by atoms with Crippen molar-refractivity contribution in [2.45, 2.75) is 32.7 Å². The maximum Gasteiger partial charge on any atom is 0.255 e. The molecule has 1 aromatic carbocycles. The van der Waals surface area contributed by atoms with Gasteiger partial charge in [-0.3, -0.25) is 4.79 Å². The molecule has 1 atom stereocenters. The zero-order valence-electron chi connectivity index (χ0n) is 13.4. The molecule has 0 aliphatic rings. The second-order valence-corrected chi connectivity index (χ2v) is 5.60. The highest BCUT2D eigenvalue weighted by Gasteiger charge is 2.21. The first-order valence-electron chi connectivity index (χ1n) is 7.28. The molecule has 7 heteroatoms. The van der Waals surface area contributed by atoms with Crippen molar-refractivity contribution in [3.8, 4) is 5.69 Å². The average molecular weight is 341 g/mol. The number of hydrogen-bond acceptors (Lipinski definition) is 3. The predicted octanol–water partition coefficient (Wildman–Crippen LogP) is 2.63. The fourth-order valence-electron chi connectivity index (χ4n) is 2.24. The monoisotopic (exact) mass is 340 g/mol. The van der Waals surface area contributed by atoms with Crippen LogP contribution in [0.3, 0.4) is 0 Å². The van der Waals surface area contributed by atoms with Crippen molar-refractivity contribution in [2.24, 2.45) is 5.73 Å². The van der Waals surface area contributed by atoms with Crippen molar-refractivity contribution in [1.29, 1.82) is 0 Å². The molecule has 1 aromatic heterocycles. The van der Waals surface area contributed by atoms with Crippen molar-refractivity contribution >= 4 is 18.3 Å². The number of carbonyl (C=O) groups excluding carboxylic acids is 1. The van der Waals surface area contributed by atoms with Crippen molar-refractivity contribution in [3.63, 3.8) is 0 Å². The van der Waals surface area contributed by atoms with E-state index < -0.39 is 0 Å². The molecule has 5 nitrogen and oxygen atoms in total. The Kier molecular flexibility index (Phi) is 6.72. The van der Waals surface area contributed by atoms with Crippen LogP contribution in [0.1, 0.15) is 42.7 Å². The highest BCUT2D eigenvalue weighted by Crippen LogP contribution is 2.23. The molecule has 0 aliphatic heterocycles. The molecule has 1 amide bonds. The summed E-state index contributed by atoms with van der Waals surface area (Å²) < 4.78 is 14.7. The Balaban J connectivity index is 0.00000264. The second-order valence-electron chi connectivity index (χ2n) is 5.60. The standard InChI is InChI=1S/C16H21FN4O.ClH/c1-10(2)15-14(16(22)20-11(3)8-18)9-19-21(15)13-6-4-12(17)5-7-13;/h4-7,9-11H,8,18H2,1-3H3,(H,20,22);1H/t11-;/m0./s1. The lowest BCUT2D eigenvalue weighted by Crippen LogP contribution is -2.38. The molecule has 126 valence electrons. The van der Waals surface area contributed by atoms with Crippen molar-refractivity contribution in [3.05, 3.63) is 47.5 Å². The maximum absolute atomic E-state index is 13.1. The van der Waals surface area contributed by atoms with E-state index in [1.807, 2.05) is 20.8 Å². The Labute approximate surface area is 141 Å². The van der Waals surface area contributed by atoms with Gasteiger partial charge in [-0.15, -0.1) is 12.4 Å². The summed E-state index contributed by atoms with van der Waals surface area (Å²) in [6.07, 6.45) is 1.54. The minimum absolute atomic E-state index is 0. The number of carbonyl (C=O) groups is 1. The zero-order valence-corrected chi connectivity index (χ0v) is 14.2. The van der Waals surface area contributed by atoms with Crippen molar-refractivity contribution < 1.29 is 9.18 Å². The summed E-state index contributed by atoms with van der Waals surface area (Å²) in [5, 5.41) is 7.13. The van der Waals surface area contributed by atoms with Crippen LogP contribution >= 0.6 is 12.4 Å². The lowest BCUT2D eigenvalue weighted by Gasteiger charge is -2.15. The van der Waals surface area contributed by atoms with Crippen LogP contribution in [-0.4, -0.2) is 28.3 Å². The number of amides is 1. The highest BCUT2D eigenvalue weighted by atomic mass is 35.5. The lowest BCUT2D eigenvalue weighted by atomic mass is 10.0. The fraction of sp³-hybridized carbons (Fsp3) is 0.375. The summed E-state index contributed by atoms with van der Waals surface area (Å²) >= 11 is 0. The molecule has 0 unspecified atom stereocenters. The Morgan fingerprint density at radius 2 is 1.91 bits per heavy atom. The molecule has 3 N–H and O–H groups in total. The molecule has 2 rings (SSSR count). The second kappa shape index (κ2) is 8.08. The van der Waals surface area contributed by atoms with Crippen LogP contribution in [0, 0.1) is 5.82 Å². The fourth-order valence-corrected chi connectivity index (χ4v) is 2.24. The van der Waals surface area contributed by atoms with E-state index >= 15 is 0 Å². The Hall–Kier alpha value is -1.92. The number of hydrogen-bond donors (Lipinski definition) is 2. The smallest absolute Gasteiger partial charge is 0.255 e. The van der Waals surface area contributed by atoms with Crippen LogP contribution in [0.5, 0.6) is 0 Å². The lowest BCUT2D eigenvalue weighted by molar-refractivity contribution is 0.0940. The number of rotatable bonds is 5. The molecule has 2 aromatic rings. The molecule has 1 heterocycles. The van der Waals surface area contributed by atoms with Gasteiger partial charge in [0.1, 0.15) is 5.82 Å². The molecule has 0 bridgehead atoms. The molecule has 0 aliphatic carbocycles. The number of nitrogens with two attached hydrogens (primary N) is 1. The van der Waals surface area contributed by atoms with Gasteiger partial charge in [-0.2, -0.15) is 5.10 Å². The maximum atomic E-state index is 13.1. The third-order valence-corrected chi connectivity index (χ3v) is 3.40. The molecular weight excluding hydrogens is 319 g/mol. The summed E-state index contributed by atoms with van der Waals surface area (Å²) in [6, 6.07) is 5.91. The quantitative estimate of drug-likeness (QED) is 0.878. The first kappa shape index (κ1) is 19.1. The van der Waals surface area contributed by atoms with E-state index in [0.717, 1.165) is 11.4 Å². The van der Waals surface area contributed by atoms with E-state index in [9.17, 15) is 9.18 Å². The topological polar surface area (TPSA) is 72.9 Å². The van der Waals surface area contributed by atoms with E-state index in [4.69, 9.17) is 5.73 Å². The highest BCUT2D eigenvalue weighted by molar-refractivity contribution is 5.95. The van der Waals surface area contributed by atoms with Crippen molar-refractivity contribution in [2.75, 3.05) is 6.54 Å². The number of halogens is 2. The number of nitrogens with one attached hydrogen (secondary N) is 1.